The number of ether oxygens (including phenoxy) is 2. The number of nitrogens with one attached hydrogen (secondary N) is 1. The maximum Gasteiger partial charge on any atom is 0.272 e. The molecule has 1 aromatic heterocycles. The summed E-state index contributed by atoms with van der Waals surface area (Å²) >= 11 is 0. The summed E-state index contributed by atoms with van der Waals surface area (Å²) in [5, 5.41) is 7.24. The highest BCUT2D eigenvalue weighted by molar-refractivity contribution is 5.92. The predicted molar refractivity (Wildman–Crippen MR) is 93.9 cm³/mol. The van der Waals surface area contributed by atoms with Crippen molar-refractivity contribution >= 4 is 5.91 Å². The molecule has 2 heterocycles. The average Bonchev–Trinajstić information content (AvgIpc) is 3.31. The molecule has 1 saturated heterocycles. The van der Waals surface area contributed by atoms with E-state index in [1.807, 2.05) is 25.1 Å². The number of methoxy groups -OCH3 is 1. The number of hydrogen-bond acceptors (Lipinski definition) is 4. The first-order valence-electron chi connectivity index (χ1n) is 8.18. The van der Waals surface area contributed by atoms with Gasteiger partial charge in [-0.1, -0.05) is 12.0 Å². The van der Waals surface area contributed by atoms with Crippen molar-refractivity contribution in [3.8, 4) is 23.8 Å². The van der Waals surface area contributed by atoms with Crippen molar-refractivity contribution in [1.82, 2.24) is 15.1 Å². The second kappa shape index (κ2) is 7.41. The molecule has 25 heavy (non-hydrogen) atoms. The Balaban J connectivity index is 1.78. The molecule has 1 aliphatic rings. The summed E-state index contributed by atoms with van der Waals surface area (Å²) in [4.78, 5) is 12.5. The van der Waals surface area contributed by atoms with Crippen LogP contribution in [0, 0.1) is 25.2 Å². The highest BCUT2D eigenvalue weighted by Crippen LogP contribution is 2.23. The Morgan fingerprint density at radius 3 is 3.04 bits per heavy atom. The number of hydrogen-bond donors (Lipinski definition) is 1. The molecule has 2 atom stereocenters. The fraction of sp³-hybridized carbons (Fsp3) is 0.368. The van der Waals surface area contributed by atoms with Gasteiger partial charge < -0.3 is 14.8 Å². The monoisotopic (exact) mass is 339 g/mol. The smallest absolute Gasteiger partial charge is 0.272 e. The van der Waals surface area contributed by atoms with Gasteiger partial charge in [-0.3, -0.25) is 4.79 Å². The third kappa shape index (κ3) is 3.67. The first kappa shape index (κ1) is 17.1. The van der Waals surface area contributed by atoms with Crippen LogP contribution in [0.15, 0.2) is 30.5 Å². The zero-order valence-electron chi connectivity index (χ0n) is 14.4. The van der Waals surface area contributed by atoms with Gasteiger partial charge in [-0.15, -0.1) is 6.42 Å². The van der Waals surface area contributed by atoms with Gasteiger partial charge in [0, 0.05) is 18.7 Å². The Morgan fingerprint density at radius 2 is 2.36 bits per heavy atom. The minimum atomic E-state index is -0.353. The lowest BCUT2D eigenvalue weighted by atomic mass is 10.00. The summed E-state index contributed by atoms with van der Waals surface area (Å²) in [7, 11) is 1.60. The highest BCUT2D eigenvalue weighted by atomic mass is 16.5. The van der Waals surface area contributed by atoms with Crippen molar-refractivity contribution < 1.29 is 14.3 Å². The molecule has 6 nitrogen and oxygen atoms in total. The van der Waals surface area contributed by atoms with E-state index in [1.165, 1.54) is 0 Å². The summed E-state index contributed by atoms with van der Waals surface area (Å²) in [6.45, 7) is 3.24. The van der Waals surface area contributed by atoms with Crippen LogP contribution in [0.2, 0.25) is 0 Å². The van der Waals surface area contributed by atoms with E-state index in [4.69, 9.17) is 15.9 Å². The van der Waals surface area contributed by atoms with Crippen LogP contribution < -0.4 is 10.1 Å². The number of nitrogens with zero attached hydrogens (tertiary/aromatic N) is 2. The van der Waals surface area contributed by atoms with Crippen molar-refractivity contribution in [1.29, 1.82) is 0 Å². The van der Waals surface area contributed by atoms with Gasteiger partial charge in [0.2, 0.25) is 0 Å². The Labute approximate surface area is 147 Å². The molecule has 0 saturated carbocycles. The summed E-state index contributed by atoms with van der Waals surface area (Å²) in [5.41, 5.74) is 2.16. The summed E-state index contributed by atoms with van der Waals surface area (Å²) in [5.74, 6) is 3.18. The lowest BCUT2D eigenvalue weighted by Gasteiger charge is -2.17. The third-order valence-electron chi connectivity index (χ3n) is 4.31. The molecule has 2 aromatic rings. The van der Waals surface area contributed by atoms with Crippen LogP contribution in [0.3, 0.4) is 0 Å². The van der Waals surface area contributed by atoms with Gasteiger partial charge in [-0.05, 0) is 37.1 Å². The predicted octanol–water partition coefficient (Wildman–Crippen LogP) is 1.96. The van der Waals surface area contributed by atoms with E-state index in [9.17, 15) is 4.79 Å². The molecule has 0 bridgehead atoms. The molecule has 3 rings (SSSR count). The number of aromatic nitrogens is 2. The molecule has 0 unspecified atom stereocenters. The minimum absolute atomic E-state index is 0.146. The van der Waals surface area contributed by atoms with Crippen molar-refractivity contribution in [2.24, 2.45) is 5.92 Å². The number of rotatable bonds is 5. The number of carbonyl (C=O) groups excluding carboxylic acids is 1. The molecule has 0 radical (unpaired) electrons. The molecule has 1 fully saturated rings. The molecule has 6 heteroatoms. The molecule has 1 aliphatic heterocycles. The van der Waals surface area contributed by atoms with E-state index < -0.39 is 0 Å². The van der Waals surface area contributed by atoms with Gasteiger partial charge in [-0.2, -0.15) is 5.10 Å². The standard InChI is InChI=1S/C19H21N3O3/c1-4-15(14-8-10-25-12-14)20-19(23)16-7-9-22(21-16)17-11-13(2)5-6-18(17)24-3/h1,5-7,9,11,14-15H,8,10,12H2,2-3H3,(H,20,23)/t14-,15-/m1/s1. The van der Waals surface area contributed by atoms with E-state index in [0.29, 0.717) is 24.7 Å². The second-order valence-electron chi connectivity index (χ2n) is 6.06. The second-order valence-corrected chi connectivity index (χ2v) is 6.06. The van der Waals surface area contributed by atoms with Crippen LogP contribution in [-0.2, 0) is 4.74 Å². The van der Waals surface area contributed by atoms with Crippen LogP contribution in [-0.4, -0.2) is 42.1 Å². The number of benzene rings is 1. The van der Waals surface area contributed by atoms with Crippen LogP contribution >= 0.6 is 0 Å². The summed E-state index contributed by atoms with van der Waals surface area (Å²) in [6, 6.07) is 7.10. The summed E-state index contributed by atoms with van der Waals surface area (Å²) in [6.07, 6.45) is 8.15. The minimum Gasteiger partial charge on any atom is -0.494 e. The largest absolute Gasteiger partial charge is 0.494 e. The fourth-order valence-corrected chi connectivity index (χ4v) is 2.88. The maximum absolute atomic E-state index is 12.5. The van der Waals surface area contributed by atoms with E-state index in [0.717, 1.165) is 17.7 Å². The van der Waals surface area contributed by atoms with Crippen LogP contribution in [0.25, 0.3) is 5.69 Å². The van der Waals surface area contributed by atoms with Crippen LogP contribution in [0.5, 0.6) is 5.75 Å². The van der Waals surface area contributed by atoms with Crippen molar-refractivity contribution in [2.45, 2.75) is 19.4 Å². The Bertz CT molecular complexity index is 800. The average molecular weight is 339 g/mol. The third-order valence-corrected chi connectivity index (χ3v) is 4.31. The van der Waals surface area contributed by atoms with E-state index >= 15 is 0 Å². The van der Waals surface area contributed by atoms with Crippen molar-refractivity contribution in [3.05, 3.63) is 41.7 Å². The van der Waals surface area contributed by atoms with Crippen LogP contribution in [0.1, 0.15) is 22.5 Å². The fourth-order valence-electron chi connectivity index (χ4n) is 2.88. The Hall–Kier alpha value is -2.78. The quantitative estimate of drug-likeness (QED) is 0.846. The normalized spacial score (nSPS) is 17.7. The summed E-state index contributed by atoms with van der Waals surface area (Å²) < 4.78 is 12.3. The lowest BCUT2D eigenvalue weighted by molar-refractivity contribution is 0.0926. The molecule has 1 N–H and O–H groups in total. The van der Waals surface area contributed by atoms with Gasteiger partial charge in [0.1, 0.15) is 11.4 Å². The first-order valence-corrected chi connectivity index (χ1v) is 8.18. The molecular weight excluding hydrogens is 318 g/mol. The number of amides is 1. The SMILES string of the molecule is C#C[C@@H](NC(=O)c1ccn(-c2cc(C)ccc2OC)n1)[C@@H]1CCOC1. The molecule has 1 aromatic carbocycles. The van der Waals surface area contributed by atoms with Gasteiger partial charge in [0.25, 0.3) is 5.91 Å². The van der Waals surface area contributed by atoms with E-state index in [-0.39, 0.29) is 17.9 Å². The van der Waals surface area contributed by atoms with Gasteiger partial charge >= 0.3 is 0 Å². The Morgan fingerprint density at radius 1 is 1.52 bits per heavy atom. The van der Waals surface area contributed by atoms with E-state index in [1.54, 1.807) is 24.1 Å². The van der Waals surface area contributed by atoms with Crippen LogP contribution in [0.4, 0.5) is 0 Å². The molecule has 0 spiro atoms. The Kier molecular flexibility index (Phi) is 5.05. The maximum atomic E-state index is 12.5. The first-order chi connectivity index (χ1) is 12.1. The molecule has 130 valence electrons. The van der Waals surface area contributed by atoms with E-state index in [2.05, 4.69) is 16.3 Å². The molecule has 0 aliphatic carbocycles. The zero-order chi connectivity index (χ0) is 17.8. The molecular formula is C19H21N3O3. The van der Waals surface area contributed by atoms with Crippen molar-refractivity contribution in [3.63, 3.8) is 0 Å². The van der Waals surface area contributed by atoms with Gasteiger partial charge in [-0.25, -0.2) is 4.68 Å². The lowest BCUT2D eigenvalue weighted by Crippen LogP contribution is -2.39. The molecule has 1 amide bonds. The number of terminal acetylenes is 1. The zero-order valence-corrected chi connectivity index (χ0v) is 14.4. The van der Waals surface area contributed by atoms with Gasteiger partial charge in [0.15, 0.2) is 5.69 Å². The number of carbonyl (C=O) groups is 1. The number of aryl methyl sites for hydroxylation is 1. The van der Waals surface area contributed by atoms with Crippen molar-refractivity contribution in [2.75, 3.05) is 20.3 Å². The topological polar surface area (TPSA) is 65.4 Å². The highest BCUT2D eigenvalue weighted by Gasteiger charge is 2.26. The van der Waals surface area contributed by atoms with Gasteiger partial charge in [0.05, 0.1) is 19.8 Å².